The van der Waals surface area contributed by atoms with Crippen LogP contribution >= 0.6 is 0 Å². The maximum absolute atomic E-state index is 6.22. The van der Waals surface area contributed by atoms with Crippen LogP contribution in [0.15, 0.2) is 12.7 Å². The van der Waals surface area contributed by atoms with Crippen molar-refractivity contribution < 1.29 is 0 Å². The molecular formula is C15H31N. The molecule has 0 aromatic heterocycles. The second-order valence-corrected chi connectivity index (χ2v) is 5.35. The maximum Gasteiger partial charge on any atom is 0.0128 e. The van der Waals surface area contributed by atoms with E-state index in [0.29, 0.717) is 0 Å². The fourth-order valence-corrected chi connectivity index (χ4v) is 2.04. The van der Waals surface area contributed by atoms with Gasteiger partial charge < -0.3 is 5.73 Å². The molecule has 1 unspecified atom stereocenters. The van der Waals surface area contributed by atoms with Gasteiger partial charge in [-0.1, -0.05) is 57.9 Å². The zero-order valence-corrected chi connectivity index (χ0v) is 11.4. The molecule has 1 nitrogen and oxygen atoms in total. The van der Waals surface area contributed by atoms with E-state index in [-0.39, 0.29) is 5.54 Å². The van der Waals surface area contributed by atoms with E-state index in [9.17, 15) is 0 Å². The van der Waals surface area contributed by atoms with Crippen molar-refractivity contribution in [3.05, 3.63) is 12.7 Å². The molecule has 0 bridgehead atoms. The smallest absolute Gasteiger partial charge is 0.0128 e. The van der Waals surface area contributed by atoms with Gasteiger partial charge in [-0.15, -0.1) is 6.58 Å². The van der Waals surface area contributed by atoms with E-state index in [1.807, 2.05) is 6.08 Å². The van der Waals surface area contributed by atoms with E-state index in [0.717, 1.165) is 19.3 Å². The Hall–Kier alpha value is -0.300. The SMILES string of the molecule is C=CCCC(C)(N)CCCCCCCCC. The predicted octanol–water partition coefficient (Wildman–Crippen LogP) is 4.81. The van der Waals surface area contributed by atoms with Gasteiger partial charge in [0.1, 0.15) is 0 Å². The van der Waals surface area contributed by atoms with Gasteiger partial charge in [0.25, 0.3) is 0 Å². The second-order valence-electron chi connectivity index (χ2n) is 5.35. The van der Waals surface area contributed by atoms with Gasteiger partial charge in [0.2, 0.25) is 0 Å². The van der Waals surface area contributed by atoms with E-state index in [4.69, 9.17) is 5.73 Å². The van der Waals surface area contributed by atoms with Crippen LogP contribution in [0.1, 0.15) is 78.1 Å². The molecule has 2 N–H and O–H groups in total. The molecule has 1 atom stereocenters. The van der Waals surface area contributed by atoms with Gasteiger partial charge >= 0.3 is 0 Å². The Morgan fingerprint density at radius 1 is 1.00 bits per heavy atom. The molecule has 0 radical (unpaired) electrons. The van der Waals surface area contributed by atoms with Gasteiger partial charge in [-0.3, -0.25) is 0 Å². The van der Waals surface area contributed by atoms with Gasteiger partial charge in [0.05, 0.1) is 0 Å². The first kappa shape index (κ1) is 15.7. The average molecular weight is 225 g/mol. The van der Waals surface area contributed by atoms with Crippen LogP contribution in [0.25, 0.3) is 0 Å². The molecule has 0 aliphatic rings. The van der Waals surface area contributed by atoms with Crippen LogP contribution in [0.3, 0.4) is 0 Å². The molecular weight excluding hydrogens is 194 g/mol. The summed E-state index contributed by atoms with van der Waals surface area (Å²) in [7, 11) is 0. The highest BCUT2D eigenvalue weighted by molar-refractivity contribution is 4.82. The molecule has 0 aromatic carbocycles. The van der Waals surface area contributed by atoms with Gasteiger partial charge in [-0.05, 0) is 26.2 Å². The zero-order valence-electron chi connectivity index (χ0n) is 11.4. The number of hydrogen-bond acceptors (Lipinski definition) is 1. The van der Waals surface area contributed by atoms with Crippen molar-refractivity contribution in [3.63, 3.8) is 0 Å². The fraction of sp³-hybridized carbons (Fsp3) is 0.867. The third-order valence-corrected chi connectivity index (χ3v) is 3.27. The van der Waals surface area contributed by atoms with Gasteiger partial charge in [-0.25, -0.2) is 0 Å². The lowest BCUT2D eigenvalue weighted by atomic mass is 9.90. The Morgan fingerprint density at radius 3 is 2.12 bits per heavy atom. The summed E-state index contributed by atoms with van der Waals surface area (Å²) in [6.45, 7) is 8.18. The lowest BCUT2D eigenvalue weighted by Gasteiger charge is -2.23. The Balaban J connectivity index is 3.32. The monoisotopic (exact) mass is 225 g/mol. The minimum Gasteiger partial charge on any atom is -0.325 e. The normalized spacial score (nSPS) is 14.7. The summed E-state index contributed by atoms with van der Waals surface area (Å²) in [5, 5.41) is 0. The van der Waals surface area contributed by atoms with Gasteiger partial charge in [-0.2, -0.15) is 0 Å². The van der Waals surface area contributed by atoms with Crippen LogP contribution in [-0.2, 0) is 0 Å². The van der Waals surface area contributed by atoms with Crippen LogP contribution in [-0.4, -0.2) is 5.54 Å². The summed E-state index contributed by atoms with van der Waals surface area (Å²) in [4.78, 5) is 0. The van der Waals surface area contributed by atoms with Crippen molar-refractivity contribution in [2.45, 2.75) is 83.6 Å². The molecule has 0 saturated heterocycles. The Bertz CT molecular complexity index is 161. The summed E-state index contributed by atoms with van der Waals surface area (Å²) in [5.41, 5.74) is 6.24. The zero-order chi connectivity index (χ0) is 12.3. The third kappa shape index (κ3) is 10.2. The molecule has 16 heavy (non-hydrogen) atoms. The van der Waals surface area contributed by atoms with E-state index in [1.165, 1.54) is 44.9 Å². The van der Waals surface area contributed by atoms with Crippen molar-refractivity contribution in [1.82, 2.24) is 0 Å². The highest BCUT2D eigenvalue weighted by Gasteiger charge is 2.16. The summed E-state index contributed by atoms with van der Waals surface area (Å²) < 4.78 is 0. The minimum atomic E-state index is 0.0254. The molecule has 0 aromatic rings. The molecule has 0 amide bonds. The highest BCUT2D eigenvalue weighted by atomic mass is 14.7. The molecule has 0 rings (SSSR count). The predicted molar refractivity (Wildman–Crippen MR) is 74.6 cm³/mol. The third-order valence-electron chi connectivity index (χ3n) is 3.27. The van der Waals surface area contributed by atoms with Gasteiger partial charge in [0.15, 0.2) is 0 Å². The largest absolute Gasteiger partial charge is 0.325 e. The first-order chi connectivity index (χ1) is 7.62. The number of hydrogen-bond donors (Lipinski definition) is 1. The Kier molecular flexibility index (Phi) is 9.71. The summed E-state index contributed by atoms with van der Waals surface area (Å²) >= 11 is 0. The van der Waals surface area contributed by atoms with Crippen LogP contribution in [0, 0.1) is 0 Å². The quantitative estimate of drug-likeness (QED) is 0.396. The molecule has 96 valence electrons. The van der Waals surface area contributed by atoms with Crippen molar-refractivity contribution in [3.8, 4) is 0 Å². The molecule has 0 fully saturated rings. The summed E-state index contributed by atoms with van der Waals surface area (Å²) in [6, 6.07) is 0. The van der Waals surface area contributed by atoms with E-state index in [2.05, 4.69) is 20.4 Å². The number of rotatable bonds is 11. The van der Waals surface area contributed by atoms with Crippen molar-refractivity contribution in [2.75, 3.05) is 0 Å². The van der Waals surface area contributed by atoms with Crippen molar-refractivity contribution >= 4 is 0 Å². The lowest BCUT2D eigenvalue weighted by molar-refractivity contribution is 0.383. The van der Waals surface area contributed by atoms with Crippen molar-refractivity contribution in [1.29, 1.82) is 0 Å². The standard InChI is InChI=1S/C15H31N/c1-4-6-8-9-10-11-12-14-15(3,16)13-7-5-2/h5H,2,4,6-14,16H2,1,3H3. The first-order valence-electron chi connectivity index (χ1n) is 7.02. The average Bonchev–Trinajstić information content (AvgIpc) is 2.25. The summed E-state index contributed by atoms with van der Waals surface area (Å²) in [5.74, 6) is 0. The molecule has 0 saturated carbocycles. The Morgan fingerprint density at radius 2 is 1.56 bits per heavy atom. The lowest BCUT2D eigenvalue weighted by Crippen LogP contribution is -2.35. The van der Waals surface area contributed by atoms with Crippen LogP contribution < -0.4 is 5.73 Å². The van der Waals surface area contributed by atoms with E-state index in [1.54, 1.807) is 0 Å². The van der Waals surface area contributed by atoms with Crippen LogP contribution in [0.5, 0.6) is 0 Å². The topological polar surface area (TPSA) is 26.0 Å². The maximum atomic E-state index is 6.22. The fourth-order valence-electron chi connectivity index (χ4n) is 2.04. The summed E-state index contributed by atoms with van der Waals surface area (Å²) in [6.07, 6.45) is 14.8. The highest BCUT2D eigenvalue weighted by Crippen LogP contribution is 2.18. The molecule has 1 heteroatoms. The molecule has 0 spiro atoms. The van der Waals surface area contributed by atoms with E-state index >= 15 is 0 Å². The first-order valence-corrected chi connectivity index (χ1v) is 7.02. The molecule has 0 heterocycles. The van der Waals surface area contributed by atoms with Crippen LogP contribution in [0.2, 0.25) is 0 Å². The molecule has 0 aliphatic heterocycles. The van der Waals surface area contributed by atoms with E-state index < -0.39 is 0 Å². The van der Waals surface area contributed by atoms with Crippen molar-refractivity contribution in [2.24, 2.45) is 5.73 Å². The second kappa shape index (κ2) is 9.89. The number of nitrogens with two attached hydrogens (primary N) is 1. The number of unbranched alkanes of at least 4 members (excludes halogenated alkanes) is 6. The van der Waals surface area contributed by atoms with Gasteiger partial charge in [0, 0.05) is 5.54 Å². The minimum absolute atomic E-state index is 0.0254. The number of allylic oxidation sites excluding steroid dienone is 1. The van der Waals surface area contributed by atoms with Crippen LogP contribution in [0.4, 0.5) is 0 Å². The molecule has 0 aliphatic carbocycles. The Labute approximate surface area is 102 Å².